The number of rotatable bonds is 7. The van der Waals surface area contributed by atoms with E-state index in [1.807, 2.05) is 34.9 Å². The third kappa shape index (κ3) is 6.52. The fourth-order valence-corrected chi connectivity index (χ4v) is 6.36. The zero-order chi connectivity index (χ0) is 25.8. The SMILES string of the molecule is C=C(CC)C(OC1CCC(N(C)C(=O)OC(C)(C)C)CC1)=C1C(=NC)SC2=C1C(CCC#N)CC2. The van der Waals surface area contributed by atoms with E-state index in [1.165, 1.54) is 10.5 Å². The van der Waals surface area contributed by atoms with Crippen LogP contribution in [-0.2, 0) is 9.47 Å². The highest BCUT2D eigenvalue weighted by atomic mass is 32.2. The van der Waals surface area contributed by atoms with Crippen LogP contribution >= 0.6 is 11.8 Å². The molecule has 0 bridgehead atoms. The maximum atomic E-state index is 12.5. The van der Waals surface area contributed by atoms with Gasteiger partial charge in [0.1, 0.15) is 16.4 Å². The van der Waals surface area contributed by atoms with Gasteiger partial charge in [0.05, 0.1) is 17.7 Å². The van der Waals surface area contributed by atoms with E-state index < -0.39 is 5.60 Å². The fraction of sp³-hybridized carbons (Fsp3) is 0.679. The molecule has 7 heteroatoms. The van der Waals surface area contributed by atoms with Gasteiger partial charge in [0.15, 0.2) is 0 Å². The summed E-state index contributed by atoms with van der Waals surface area (Å²) in [5.74, 6) is 1.27. The molecule has 1 fully saturated rings. The highest BCUT2D eigenvalue weighted by molar-refractivity contribution is 8.18. The molecule has 1 amide bonds. The van der Waals surface area contributed by atoms with Crippen molar-refractivity contribution < 1.29 is 14.3 Å². The molecule has 0 saturated heterocycles. The maximum Gasteiger partial charge on any atom is 0.410 e. The van der Waals surface area contributed by atoms with Gasteiger partial charge in [-0.15, -0.1) is 0 Å². The number of hydrogen-bond donors (Lipinski definition) is 0. The van der Waals surface area contributed by atoms with Crippen LogP contribution in [0.25, 0.3) is 0 Å². The van der Waals surface area contributed by atoms with Crippen molar-refractivity contribution in [3.8, 4) is 6.07 Å². The van der Waals surface area contributed by atoms with Crippen molar-refractivity contribution in [2.75, 3.05) is 14.1 Å². The number of hydrogen-bond acceptors (Lipinski definition) is 6. The summed E-state index contributed by atoms with van der Waals surface area (Å²) >= 11 is 1.77. The van der Waals surface area contributed by atoms with Crippen LogP contribution in [0.5, 0.6) is 0 Å². The molecular formula is C28H41N3O3S. The molecule has 1 atom stereocenters. The zero-order valence-corrected chi connectivity index (χ0v) is 23.1. The smallest absolute Gasteiger partial charge is 0.410 e. The number of allylic oxidation sites excluding steroid dienone is 3. The number of amides is 1. The lowest BCUT2D eigenvalue weighted by Crippen LogP contribution is -2.43. The minimum Gasteiger partial charge on any atom is -0.489 e. The Labute approximate surface area is 215 Å². The number of nitrogens with zero attached hydrogens (tertiary/aromatic N) is 3. The molecule has 1 aliphatic heterocycles. The Morgan fingerprint density at radius 1 is 1.26 bits per heavy atom. The molecule has 1 heterocycles. The molecule has 3 rings (SSSR count). The number of carbonyl (C=O) groups excluding carboxylic acids is 1. The van der Waals surface area contributed by atoms with Crippen molar-refractivity contribution in [2.45, 2.75) is 103 Å². The molecule has 3 aliphatic rings. The molecule has 0 N–H and O–H groups in total. The van der Waals surface area contributed by atoms with Gasteiger partial charge >= 0.3 is 6.09 Å². The summed E-state index contributed by atoms with van der Waals surface area (Å²) in [5, 5.41) is 10.2. The largest absolute Gasteiger partial charge is 0.489 e. The van der Waals surface area contributed by atoms with E-state index in [1.54, 1.807) is 16.7 Å². The van der Waals surface area contributed by atoms with Crippen LogP contribution in [0.1, 0.15) is 85.5 Å². The first-order chi connectivity index (χ1) is 16.6. The Hall–Kier alpha value is -2.20. The molecule has 0 aromatic heterocycles. The Kier molecular flexibility index (Phi) is 9.15. The monoisotopic (exact) mass is 499 g/mol. The van der Waals surface area contributed by atoms with Crippen LogP contribution in [0, 0.1) is 17.2 Å². The highest BCUT2D eigenvalue weighted by Crippen LogP contribution is 2.53. The molecular weight excluding hydrogens is 458 g/mol. The first kappa shape index (κ1) is 27.4. The van der Waals surface area contributed by atoms with Gasteiger partial charge in [0.2, 0.25) is 0 Å². The van der Waals surface area contributed by atoms with Crippen LogP contribution < -0.4 is 0 Å². The van der Waals surface area contributed by atoms with Crippen molar-refractivity contribution in [1.29, 1.82) is 5.26 Å². The van der Waals surface area contributed by atoms with E-state index in [0.717, 1.165) is 73.3 Å². The van der Waals surface area contributed by atoms with E-state index in [9.17, 15) is 4.79 Å². The average Bonchev–Trinajstić information content (AvgIpc) is 3.38. The van der Waals surface area contributed by atoms with Gasteiger partial charge in [-0.1, -0.05) is 25.3 Å². The number of aliphatic imine (C=N–C) groups is 1. The third-order valence-electron chi connectivity index (χ3n) is 7.07. The Morgan fingerprint density at radius 3 is 2.51 bits per heavy atom. The van der Waals surface area contributed by atoms with Gasteiger partial charge in [-0.25, -0.2) is 4.79 Å². The van der Waals surface area contributed by atoms with E-state index in [-0.39, 0.29) is 18.2 Å². The van der Waals surface area contributed by atoms with Crippen LogP contribution in [0.15, 0.2) is 39.0 Å². The summed E-state index contributed by atoms with van der Waals surface area (Å²) in [7, 11) is 3.68. The normalized spacial score (nSPS) is 26.9. The summed E-state index contributed by atoms with van der Waals surface area (Å²) in [4.78, 5) is 20.3. The number of carbonyl (C=O) groups is 1. The fourth-order valence-electron chi connectivity index (χ4n) is 5.13. The molecule has 192 valence electrons. The lowest BCUT2D eigenvalue weighted by atomic mass is 9.89. The zero-order valence-electron chi connectivity index (χ0n) is 22.3. The first-order valence-corrected chi connectivity index (χ1v) is 13.7. The van der Waals surface area contributed by atoms with Gasteiger partial charge in [0, 0.05) is 26.6 Å². The lowest BCUT2D eigenvalue weighted by Gasteiger charge is -2.36. The molecule has 0 radical (unpaired) electrons. The van der Waals surface area contributed by atoms with E-state index in [2.05, 4.69) is 24.6 Å². The third-order valence-corrected chi connectivity index (χ3v) is 8.32. The first-order valence-electron chi connectivity index (χ1n) is 12.9. The number of nitriles is 1. The van der Waals surface area contributed by atoms with E-state index in [0.29, 0.717) is 12.3 Å². The summed E-state index contributed by atoms with van der Waals surface area (Å²) in [6, 6.07) is 2.47. The molecule has 0 spiro atoms. The van der Waals surface area contributed by atoms with Gasteiger partial charge in [-0.05, 0) is 94.1 Å². The average molecular weight is 500 g/mol. The maximum absolute atomic E-state index is 12.5. The van der Waals surface area contributed by atoms with Gasteiger partial charge in [-0.3, -0.25) is 4.99 Å². The second-order valence-electron chi connectivity index (χ2n) is 10.7. The minimum atomic E-state index is -0.496. The molecule has 1 saturated carbocycles. The predicted molar refractivity (Wildman–Crippen MR) is 143 cm³/mol. The van der Waals surface area contributed by atoms with Crippen molar-refractivity contribution in [1.82, 2.24) is 4.90 Å². The van der Waals surface area contributed by atoms with Crippen LogP contribution in [0.2, 0.25) is 0 Å². The van der Waals surface area contributed by atoms with Crippen LogP contribution in [-0.4, -0.2) is 47.9 Å². The lowest BCUT2D eigenvalue weighted by molar-refractivity contribution is 0.00894. The minimum absolute atomic E-state index is 0.0794. The second-order valence-corrected chi connectivity index (χ2v) is 11.8. The molecule has 6 nitrogen and oxygen atoms in total. The van der Waals surface area contributed by atoms with Crippen LogP contribution in [0.4, 0.5) is 4.79 Å². The van der Waals surface area contributed by atoms with Crippen molar-refractivity contribution >= 4 is 22.9 Å². The Morgan fingerprint density at radius 2 is 1.94 bits per heavy atom. The molecule has 1 unspecified atom stereocenters. The summed E-state index contributed by atoms with van der Waals surface area (Å²) < 4.78 is 12.3. The second kappa shape index (κ2) is 11.7. The summed E-state index contributed by atoms with van der Waals surface area (Å²) in [6.45, 7) is 12.2. The van der Waals surface area contributed by atoms with Gasteiger partial charge in [-0.2, -0.15) is 5.26 Å². The number of thioether (sulfide) groups is 1. The highest BCUT2D eigenvalue weighted by Gasteiger charge is 2.39. The standard InChI is InChI=1S/C28H41N3O3S/c1-8-18(2)25(24-23-19(10-9-17-29)11-16-22(23)35-26(24)30-6)33-21-14-12-20(13-15-21)31(7)27(32)34-28(3,4)5/h19-21H,2,8-16H2,1,3-7H3. The quantitative estimate of drug-likeness (QED) is 0.348. The Balaban J connectivity index is 1.77. The van der Waals surface area contributed by atoms with E-state index in [4.69, 9.17) is 14.7 Å². The molecule has 2 aliphatic carbocycles. The van der Waals surface area contributed by atoms with Crippen molar-refractivity contribution in [3.05, 3.63) is 34.0 Å². The van der Waals surface area contributed by atoms with Crippen molar-refractivity contribution in [2.24, 2.45) is 10.9 Å². The molecule has 0 aromatic rings. The molecule has 35 heavy (non-hydrogen) atoms. The van der Waals surface area contributed by atoms with Crippen LogP contribution in [0.3, 0.4) is 0 Å². The topological polar surface area (TPSA) is 74.9 Å². The summed E-state index contributed by atoms with van der Waals surface area (Å²) in [5.41, 5.74) is 2.96. The number of ether oxygens (including phenoxy) is 2. The summed E-state index contributed by atoms with van der Waals surface area (Å²) in [6.07, 6.45) is 7.72. The Bertz CT molecular complexity index is 959. The van der Waals surface area contributed by atoms with Crippen molar-refractivity contribution in [3.63, 3.8) is 0 Å². The predicted octanol–water partition coefficient (Wildman–Crippen LogP) is 7.14. The van der Waals surface area contributed by atoms with Gasteiger partial charge in [0.25, 0.3) is 0 Å². The van der Waals surface area contributed by atoms with Gasteiger partial charge < -0.3 is 14.4 Å². The van der Waals surface area contributed by atoms with E-state index >= 15 is 0 Å². The molecule has 0 aromatic carbocycles.